The summed E-state index contributed by atoms with van der Waals surface area (Å²) in [5, 5.41) is 12.4. The average molecular weight is 404 g/mol. The lowest BCUT2D eigenvalue weighted by Crippen LogP contribution is -2.15. The predicted molar refractivity (Wildman–Crippen MR) is 106 cm³/mol. The van der Waals surface area contributed by atoms with Crippen molar-refractivity contribution in [2.45, 2.75) is 12.1 Å². The maximum Gasteiger partial charge on any atom is 0.234 e. The Bertz CT molecular complexity index is 962. The molecule has 140 valence electrons. The van der Waals surface area contributed by atoms with E-state index in [0.29, 0.717) is 27.4 Å². The van der Waals surface area contributed by atoms with Crippen molar-refractivity contribution in [1.82, 2.24) is 19.7 Å². The first-order chi connectivity index (χ1) is 13.0. The van der Waals surface area contributed by atoms with E-state index in [1.165, 1.54) is 18.9 Å². The minimum atomic E-state index is -0.178. The first kappa shape index (κ1) is 19.2. The van der Waals surface area contributed by atoms with Gasteiger partial charge in [-0.05, 0) is 30.7 Å². The smallest absolute Gasteiger partial charge is 0.234 e. The minimum absolute atomic E-state index is 0.178. The van der Waals surface area contributed by atoms with Gasteiger partial charge >= 0.3 is 0 Å². The molecule has 3 rings (SSSR count). The van der Waals surface area contributed by atoms with Crippen LogP contribution in [0.25, 0.3) is 11.5 Å². The van der Waals surface area contributed by atoms with Gasteiger partial charge in [0.1, 0.15) is 11.4 Å². The summed E-state index contributed by atoms with van der Waals surface area (Å²) in [5.41, 5.74) is 2.16. The average Bonchev–Trinajstić information content (AvgIpc) is 3.04. The molecule has 7 nitrogen and oxygen atoms in total. The Kier molecular flexibility index (Phi) is 5.98. The molecular formula is C18H18ClN5O2S. The molecule has 0 fully saturated rings. The fourth-order valence-electron chi connectivity index (χ4n) is 2.40. The van der Waals surface area contributed by atoms with Gasteiger partial charge in [0.25, 0.3) is 0 Å². The number of benzene rings is 1. The second-order valence-electron chi connectivity index (χ2n) is 5.72. The van der Waals surface area contributed by atoms with E-state index in [-0.39, 0.29) is 11.7 Å². The Labute approximate surface area is 166 Å². The highest BCUT2D eigenvalue weighted by Crippen LogP contribution is 2.31. The number of methoxy groups -OCH3 is 1. The van der Waals surface area contributed by atoms with Crippen molar-refractivity contribution in [3.05, 3.63) is 47.1 Å². The third-order valence-corrected chi connectivity index (χ3v) is 5.24. The lowest BCUT2D eigenvalue weighted by atomic mass is 10.2. The van der Waals surface area contributed by atoms with Gasteiger partial charge in [-0.15, -0.1) is 10.2 Å². The zero-order valence-corrected chi connectivity index (χ0v) is 16.6. The number of nitrogens with zero attached hydrogens (tertiary/aromatic N) is 4. The van der Waals surface area contributed by atoms with Crippen LogP contribution in [0, 0.1) is 6.92 Å². The highest BCUT2D eigenvalue weighted by atomic mass is 35.5. The van der Waals surface area contributed by atoms with Gasteiger partial charge in [-0.25, -0.2) is 0 Å². The molecule has 0 bridgehead atoms. The third kappa shape index (κ3) is 4.40. The molecule has 0 saturated carbocycles. The number of carbonyl (C=O) groups excluding carboxylic acids is 1. The lowest BCUT2D eigenvalue weighted by Gasteiger charge is -2.12. The van der Waals surface area contributed by atoms with Crippen LogP contribution in [0.3, 0.4) is 0 Å². The molecule has 0 aliphatic rings. The molecule has 27 heavy (non-hydrogen) atoms. The molecule has 2 aromatic heterocycles. The number of carbonyl (C=O) groups is 1. The molecular weight excluding hydrogens is 386 g/mol. The minimum Gasteiger partial charge on any atom is -0.495 e. The van der Waals surface area contributed by atoms with Gasteiger partial charge in [-0.1, -0.05) is 29.4 Å². The summed E-state index contributed by atoms with van der Waals surface area (Å²) in [6.07, 6.45) is 1.70. The van der Waals surface area contributed by atoms with E-state index in [1.54, 1.807) is 18.3 Å². The third-order valence-electron chi connectivity index (χ3n) is 3.82. The molecule has 3 aromatic rings. The maximum absolute atomic E-state index is 12.3. The molecule has 0 atom stereocenters. The fraction of sp³-hybridized carbons (Fsp3) is 0.222. The highest BCUT2D eigenvalue weighted by Gasteiger charge is 2.15. The molecule has 0 unspecified atom stereocenters. The van der Waals surface area contributed by atoms with E-state index in [0.717, 1.165) is 11.3 Å². The second kappa shape index (κ2) is 8.41. The van der Waals surface area contributed by atoms with E-state index in [2.05, 4.69) is 20.5 Å². The van der Waals surface area contributed by atoms with Crippen molar-refractivity contribution in [3.63, 3.8) is 0 Å². The van der Waals surface area contributed by atoms with Gasteiger partial charge in [-0.2, -0.15) is 0 Å². The molecule has 1 amide bonds. The second-order valence-corrected chi connectivity index (χ2v) is 7.07. The summed E-state index contributed by atoms with van der Waals surface area (Å²) in [6, 6.07) is 9.05. The first-order valence-corrected chi connectivity index (χ1v) is 9.43. The fourth-order valence-corrected chi connectivity index (χ4v) is 3.27. The van der Waals surface area contributed by atoms with Gasteiger partial charge < -0.3 is 14.6 Å². The Hall–Kier alpha value is -2.58. The number of hydrogen-bond donors (Lipinski definition) is 1. The van der Waals surface area contributed by atoms with Gasteiger partial charge in [-0.3, -0.25) is 9.78 Å². The van der Waals surface area contributed by atoms with Crippen molar-refractivity contribution in [2.24, 2.45) is 7.05 Å². The Morgan fingerprint density at radius 1 is 1.33 bits per heavy atom. The van der Waals surface area contributed by atoms with Crippen LogP contribution in [0.15, 0.2) is 41.7 Å². The molecule has 0 spiro atoms. The molecule has 0 radical (unpaired) electrons. The zero-order chi connectivity index (χ0) is 19.4. The normalized spacial score (nSPS) is 10.7. The summed E-state index contributed by atoms with van der Waals surface area (Å²) in [5.74, 6) is 1.16. The number of anilines is 1. The van der Waals surface area contributed by atoms with E-state index < -0.39 is 0 Å². The first-order valence-electron chi connectivity index (χ1n) is 8.07. The zero-order valence-electron chi connectivity index (χ0n) is 15.1. The number of halogens is 1. The van der Waals surface area contributed by atoms with Crippen LogP contribution < -0.4 is 10.1 Å². The van der Waals surface area contributed by atoms with Gasteiger partial charge in [0.15, 0.2) is 11.0 Å². The summed E-state index contributed by atoms with van der Waals surface area (Å²) in [7, 11) is 3.37. The van der Waals surface area contributed by atoms with Gasteiger partial charge in [0, 0.05) is 24.3 Å². The van der Waals surface area contributed by atoms with E-state index >= 15 is 0 Å². The van der Waals surface area contributed by atoms with Crippen molar-refractivity contribution in [3.8, 4) is 17.3 Å². The highest BCUT2D eigenvalue weighted by molar-refractivity contribution is 7.99. The number of thioether (sulfide) groups is 1. The number of pyridine rings is 1. The molecule has 0 aliphatic heterocycles. The van der Waals surface area contributed by atoms with E-state index in [4.69, 9.17) is 16.3 Å². The number of nitrogens with one attached hydrogen (secondary N) is 1. The predicted octanol–water partition coefficient (Wildman–Crippen LogP) is 3.58. The number of hydrogen-bond acceptors (Lipinski definition) is 6. The molecule has 2 heterocycles. The van der Waals surface area contributed by atoms with Crippen LogP contribution in [0.4, 0.5) is 5.69 Å². The standard InChI is InChI=1S/C18H18ClN5O2S/c1-11-8-14(15(26-3)9-12(11)19)21-16(25)10-27-18-23-22-17(24(18)2)13-6-4-5-7-20-13/h4-9H,10H2,1-3H3,(H,21,25). The van der Waals surface area contributed by atoms with Crippen molar-refractivity contribution in [1.29, 1.82) is 0 Å². The topological polar surface area (TPSA) is 81.9 Å². The largest absolute Gasteiger partial charge is 0.495 e. The van der Waals surface area contributed by atoms with Crippen LogP contribution in [0.1, 0.15) is 5.56 Å². The van der Waals surface area contributed by atoms with Crippen molar-refractivity contribution < 1.29 is 9.53 Å². The van der Waals surface area contributed by atoms with Crippen LogP contribution in [-0.4, -0.2) is 38.5 Å². The summed E-state index contributed by atoms with van der Waals surface area (Å²) >= 11 is 7.39. The van der Waals surface area contributed by atoms with Crippen LogP contribution in [0.5, 0.6) is 5.75 Å². The molecule has 9 heteroatoms. The summed E-state index contributed by atoms with van der Waals surface area (Å²) in [4.78, 5) is 16.6. The number of rotatable bonds is 6. The molecule has 0 aliphatic carbocycles. The van der Waals surface area contributed by atoms with Crippen molar-refractivity contribution >= 4 is 35.0 Å². The quantitative estimate of drug-likeness (QED) is 0.633. The number of ether oxygens (including phenoxy) is 1. The number of aromatic nitrogens is 4. The van der Waals surface area contributed by atoms with E-state index in [9.17, 15) is 4.79 Å². The number of aryl methyl sites for hydroxylation is 1. The summed E-state index contributed by atoms with van der Waals surface area (Å²) in [6.45, 7) is 1.87. The Balaban J connectivity index is 1.67. The molecule has 1 aromatic carbocycles. The van der Waals surface area contributed by atoms with Crippen LogP contribution >= 0.6 is 23.4 Å². The van der Waals surface area contributed by atoms with Gasteiger partial charge in [0.05, 0.1) is 18.6 Å². The maximum atomic E-state index is 12.3. The Morgan fingerprint density at radius 3 is 2.85 bits per heavy atom. The summed E-state index contributed by atoms with van der Waals surface area (Å²) < 4.78 is 7.09. The monoisotopic (exact) mass is 403 g/mol. The Morgan fingerprint density at radius 2 is 2.15 bits per heavy atom. The molecule has 1 N–H and O–H groups in total. The van der Waals surface area contributed by atoms with Crippen LogP contribution in [0.2, 0.25) is 5.02 Å². The van der Waals surface area contributed by atoms with Gasteiger partial charge in [0.2, 0.25) is 5.91 Å². The lowest BCUT2D eigenvalue weighted by molar-refractivity contribution is -0.113. The molecule has 0 saturated heterocycles. The SMILES string of the molecule is COc1cc(Cl)c(C)cc1NC(=O)CSc1nnc(-c2ccccn2)n1C. The van der Waals surface area contributed by atoms with Crippen LogP contribution in [-0.2, 0) is 11.8 Å². The number of amides is 1. The van der Waals surface area contributed by atoms with E-state index in [1.807, 2.05) is 36.7 Å². The van der Waals surface area contributed by atoms with Crippen molar-refractivity contribution in [2.75, 3.05) is 18.2 Å².